The van der Waals surface area contributed by atoms with Crippen LogP contribution in [-0.2, 0) is 6.42 Å². The fourth-order valence-corrected chi connectivity index (χ4v) is 4.13. The highest BCUT2D eigenvalue weighted by Crippen LogP contribution is 2.25. The summed E-state index contributed by atoms with van der Waals surface area (Å²) < 4.78 is 5.64. The van der Waals surface area contributed by atoms with Crippen molar-refractivity contribution in [2.24, 2.45) is 0 Å². The zero-order chi connectivity index (χ0) is 22.5. The maximum absolute atomic E-state index is 12.7. The topological polar surface area (TPSA) is 64.1 Å². The van der Waals surface area contributed by atoms with Gasteiger partial charge in [0.25, 0.3) is 5.91 Å². The van der Waals surface area contributed by atoms with Crippen molar-refractivity contribution in [3.63, 3.8) is 0 Å². The first-order valence-electron chi connectivity index (χ1n) is 10.5. The quantitative estimate of drug-likeness (QED) is 0.372. The van der Waals surface area contributed by atoms with Gasteiger partial charge in [0.15, 0.2) is 0 Å². The molecule has 0 spiro atoms. The number of thiazole rings is 1. The molecule has 2 aromatic heterocycles. The number of ether oxygens (including phenoxy) is 1. The SMILES string of the molecule is Cc1ccc(NC(=O)c2ccc(OC(C)C)cc2)cc1Cc1nc(-c2cccnc2)cs1. The Morgan fingerprint density at radius 3 is 2.66 bits per heavy atom. The van der Waals surface area contributed by atoms with Gasteiger partial charge in [-0.3, -0.25) is 9.78 Å². The number of hydrogen-bond donors (Lipinski definition) is 1. The second kappa shape index (κ2) is 9.75. The summed E-state index contributed by atoms with van der Waals surface area (Å²) in [6.07, 6.45) is 4.39. The molecule has 5 nitrogen and oxygen atoms in total. The van der Waals surface area contributed by atoms with Crippen LogP contribution in [0, 0.1) is 6.92 Å². The van der Waals surface area contributed by atoms with E-state index in [1.165, 1.54) is 0 Å². The fourth-order valence-electron chi connectivity index (χ4n) is 3.30. The molecule has 0 saturated carbocycles. The lowest BCUT2D eigenvalue weighted by Gasteiger charge is -2.11. The fraction of sp³-hybridized carbons (Fsp3) is 0.192. The maximum atomic E-state index is 12.7. The third-order valence-corrected chi connectivity index (χ3v) is 5.79. The Labute approximate surface area is 192 Å². The predicted octanol–water partition coefficient (Wildman–Crippen LogP) is 6.14. The Hall–Kier alpha value is -3.51. The van der Waals surface area contributed by atoms with E-state index in [1.807, 2.05) is 62.5 Å². The average molecular weight is 444 g/mol. The number of amides is 1. The lowest BCUT2D eigenvalue weighted by Crippen LogP contribution is -2.12. The summed E-state index contributed by atoms with van der Waals surface area (Å²) in [7, 11) is 0. The second-order valence-corrected chi connectivity index (χ2v) is 8.77. The van der Waals surface area contributed by atoms with Crippen molar-refractivity contribution in [2.75, 3.05) is 5.32 Å². The van der Waals surface area contributed by atoms with E-state index in [0.717, 1.165) is 38.8 Å². The molecule has 32 heavy (non-hydrogen) atoms. The molecule has 1 amide bonds. The van der Waals surface area contributed by atoms with Gasteiger partial charge in [0.2, 0.25) is 0 Å². The van der Waals surface area contributed by atoms with Crippen LogP contribution in [0.5, 0.6) is 5.75 Å². The number of anilines is 1. The molecule has 0 unspecified atom stereocenters. The summed E-state index contributed by atoms with van der Waals surface area (Å²) in [6, 6.07) is 17.1. The Bertz CT molecular complexity index is 1200. The number of aromatic nitrogens is 2. The van der Waals surface area contributed by atoms with Gasteiger partial charge in [-0.1, -0.05) is 6.07 Å². The highest BCUT2D eigenvalue weighted by Gasteiger charge is 2.11. The Morgan fingerprint density at radius 1 is 1.12 bits per heavy atom. The molecule has 0 aliphatic rings. The lowest BCUT2D eigenvalue weighted by molar-refractivity contribution is 0.102. The summed E-state index contributed by atoms with van der Waals surface area (Å²) in [5.41, 5.74) is 5.60. The number of aryl methyl sites for hydroxylation is 1. The molecule has 2 aromatic carbocycles. The number of carbonyl (C=O) groups excluding carboxylic acids is 1. The van der Waals surface area contributed by atoms with Gasteiger partial charge in [-0.15, -0.1) is 11.3 Å². The van der Waals surface area contributed by atoms with Gasteiger partial charge in [0.1, 0.15) is 5.75 Å². The molecule has 0 radical (unpaired) electrons. The Balaban J connectivity index is 1.46. The Kier molecular flexibility index (Phi) is 6.61. The van der Waals surface area contributed by atoms with Crippen molar-refractivity contribution >= 4 is 22.9 Å². The van der Waals surface area contributed by atoms with Crippen molar-refractivity contribution < 1.29 is 9.53 Å². The molecule has 4 rings (SSSR count). The minimum Gasteiger partial charge on any atom is -0.491 e. The molecule has 0 fully saturated rings. The highest BCUT2D eigenvalue weighted by molar-refractivity contribution is 7.10. The maximum Gasteiger partial charge on any atom is 0.255 e. The zero-order valence-corrected chi connectivity index (χ0v) is 19.1. The van der Waals surface area contributed by atoms with Crippen LogP contribution in [0.4, 0.5) is 5.69 Å². The summed E-state index contributed by atoms with van der Waals surface area (Å²) in [6.45, 7) is 6.02. The first-order valence-corrected chi connectivity index (χ1v) is 11.4. The van der Waals surface area contributed by atoms with Gasteiger partial charge in [-0.05, 0) is 80.4 Å². The molecule has 0 atom stereocenters. The number of rotatable bonds is 7. The summed E-state index contributed by atoms with van der Waals surface area (Å²) in [5, 5.41) is 6.08. The standard InChI is InChI=1S/C26H25N3O2S/c1-17(2)31-23-10-7-19(8-11-23)26(30)28-22-9-6-18(3)21(13-22)14-25-29-24(16-32-25)20-5-4-12-27-15-20/h4-13,15-17H,14H2,1-3H3,(H,28,30). The molecule has 4 aromatic rings. The van der Waals surface area contributed by atoms with Crippen molar-refractivity contribution in [2.45, 2.75) is 33.3 Å². The van der Waals surface area contributed by atoms with E-state index in [0.29, 0.717) is 12.0 Å². The number of hydrogen-bond acceptors (Lipinski definition) is 5. The molecule has 0 aliphatic carbocycles. The van der Waals surface area contributed by atoms with Crippen LogP contribution in [0.15, 0.2) is 72.4 Å². The van der Waals surface area contributed by atoms with Crippen LogP contribution in [0.3, 0.4) is 0 Å². The van der Waals surface area contributed by atoms with E-state index in [4.69, 9.17) is 9.72 Å². The van der Waals surface area contributed by atoms with Gasteiger partial charge in [-0.25, -0.2) is 4.98 Å². The van der Waals surface area contributed by atoms with E-state index in [-0.39, 0.29) is 12.0 Å². The summed E-state index contributed by atoms with van der Waals surface area (Å²) in [4.78, 5) is 21.6. The van der Waals surface area contributed by atoms with Crippen LogP contribution < -0.4 is 10.1 Å². The molecule has 6 heteroatoms. The molecular weight excluding hydrogens is 418 g/mol. The van der Waals surface area contributed by atoms with Crippen molar-refractivity contribution in [3.05, 3.63) is 94.1 Å². The summed E-state index contributed by atoms with van der Waals surface area (Å²) in [5.74, 6) is 0.604. The van der Waals surface area contributed by atoms with Crippen LogP contribution in [-0.4, -0.2) is 22.0 Å². The predicted molar refractivity (Wildman–Crippen MR) is 129 cm³/mol. The average Bonchev–Trinajstić information content (AvgIpc) is 3.25. The van der Waals surface area contributed by atoms with Gasteiger partial charge >= 0.3 is 0 Å². The molecule has 1 N–H and O–H groups in total. The first-order chi connectivity index (χ1) is 15.5. The third-order valence-electron chi connectivity index (χ3n) is 4.95. The van der Waals surface area contributed by atoms with E-state index in [9.17, 15) is 4.79 Å². The van der Waals surface area contributed by atoms with Crippen molar-refractivity contribution in [1.82, 2.24) is 9.97 Å². The third kappa shape index (κ3) is 5.39. The largest absolute Gasteiger partial charge is 0.491 e. The number of nitrogens with zero attached hydrogens (tertiary/aromatic N) is 2. The van der Waals surface area contributed by atoms with Gasteiger partial charge < -0.3 is 10.1 Å². The number of pyridine rings is 1. The normalized spacial score (nSPS) is 10.9. The van der Waals surface area contributed by atoms with Crippen LogP contribution in [0.1, 0.15) is 40.3 Å². The number of carbonyl (C=O) groups is 1. The molecule has 0 saturated heterocycles. The van der Waals surface area contributed by atoms with Crippen LogP contribution in [0.25, 0.3) is 11.3 Å². The van der Waals surface area contributed by atoms with E-state index in [2.05, 4.69) is 22.6 Å². The van der Waals surface area contributed by atoms with Gasteiger partial charge in [-0.2, -0.15) is 0 Å². The van der Waals surface area contributed by atoms with E-state index < -0.39 is 0 Å². The monoisotopic (exact) mass is 443 g/mol. The molecule has 0 aliphatic heterocycles. The first kappa shape index (κ1) is 21.7. The minimum absolute atomic E-state index is 0.0962. The Morgan fingerprint density at radius 2 is 1.94 bits per heavy atom. The van der Waals surface area contributed by atoms with Gasteiger partial charge in [0, 0.05) is 41.0 Å². The number of benzene rings is 2. The molecule has 2 heterocycles. The lowest BCUT2D eigenvalue weighted by atomic mass is 10.0. The van der Waals surface area contributed by atoms with Crippen molar-refractivity contribution in [1.29, 1.82) is 0 Å². The zero-order valence-electron chi connectivity index (χ0n) is 18.3. The number of nitrogens with one attached hydrogen (secondary N) is 1. The van der Waals surface area contributed by atoms with E-state index in [1.54, 1.807) is 29.7 Å². The van der Waals surface area contributed by atoms with Crippen LogP contribution >= 0.6 is 11.3 Å². The van der Waals surface area contributed by atoms with Gasteiger partial charge in [0.05, 0.1) is 16.8 Å². The molecule has 162 valence electrons. The van der Waals surface area contributed by atoms with Crippen LogP contribution in [0.2, 0.25) is 0 Å². The summed E-state index contributed by atoms with van der Waals surface area (Å²) >= 11 is 1.63. The van der Waals surface area contributed by atoms with Crippen molar-refractivity contribution in [3.8, 4) is 17.0 Å². The van der Waals surface area contributed by atoms with E-state index >= 15 is 0 Å². The highest BCUT2D eigenvalue weighted by atomic mass is 32.1. The molecular formula is C26H25N3O2S. The minimum atomic E-state index is -0.149. The molecule has 0 bridgehead atoms. The smallest absolute Gasteiger partial charge is 0.255 e. The second-order valence-electron chi connectivity index (χ2n) is 7.83.